The smallest absolute Gasteiger partial charge is 0.115 e. The minimum atomic E-state index is 0.239. The molecule has 5 heteroatoms. The molecule has 3 rings (SSSR count). The van der Waals surface area contributed by atoms with Gasteiger partial charge in [-0.25, -0.2) is 9.66 Å². The number of nitrogens with zero attached hydrogens (tertiary/aromatic N) is 2. The van der Waals surface area contributed by atoms with Gasteiger partial charge in [-0.15, -0.1) is 11.3 Å². The Hall–Kier alpha value is -1.78. The summed E-state index contributed by atoms with van der Waals surface area (Å²) in [5, 5.41) is 1.99. The molecular formula is C20H24ClN3S. The maximum absolute atomic E-state index is 6.18. The van der Waals surface area contributed by atoms with Crippen LogP contribution in [0.1, 0.15) is 37.9 Å². The van der Waals surface area contributed by atoms with E-state index in [1.165, 1.54) is 26.9 Å². The highest BCUT2D eigenvalue weighted by atomic mass is 35.5. The summed E-state index contributed by atoms with van der Waals surface area (Å²) in [4.78, 5) is 5.77. The Morgan fingerprint density at radius 3 is 2.92 bits per heavy atom. The van der Waals surface area contributed by atoms with Crippen molar-refractivity contribution in [1.29, 1.82) is 0 Å². The first-order valence-electron chi connectivity index (χ1n) is 8.67. The molecule has 3 aromatic rings. The number of aryl methyl sites for hydroxylation is 2. The fraction of sp³-hybridized carbons (Fsp3) is 0.350. The molecule has 1 aromatic carbocycles. The number of allylic oxidation sites excluding steroid dienone is 1. The molecule has 2 heterocycles. The number of benzene rings is 1. The highest BCUT2D eigenvalue weighted by Gasteiger charge is 2.18. The van der Waals surface area contributed by atoms with E-state index in [1.54, 1.807) is 11.3 Å². The van der Waals surface area contributed by atoms with Crippen molar-refractivity contribution in [2.45, 2.75) is 46.6 Å². The quantitative estimate of drug-likeness (QED) is 0.512. The molecule has 0 aliphatic heterocycles. The largest absolute Gasteiger partial charge is 0.318 e. The predicted octanol–water partition coefficient (Wildman–Crippen LogP) is 6.32. The summed E-state index contributed by atoms with van der Waals surface area (Å²) in [6, 6.07) is 6.33. The van der Waals surface area contributed by atoms with Gasteiger partial charge in [-0.1, -0.05) is 37.1 Å². The number of thiophene rings is 1. The fourth-order valence-electron chi connectivity index (χ4n) is 2.96. The maximum Gasteiger partial charge on any atom is 0.115 e. The van der Waals surface area contributed by atoms with Crippen LogP contribution in [0, 0.1) is 13.8 Å². The summed E-state index contributed by atoms with van der Waals surface area (Å²) in [6.45, 7) is 8.56. The summed E-state index contributed by atoms with van der Waals surface area (Å²) in [6.07, 6.45) is 8.58. The van der Waals surface area contributed by atoms with Gasteiger partial charge in [0.25, 0.3) is 0 Å². The van der Waals surface area contributed by atoms with E-state index in [4.69, 9.17) is 11.6 Å². The van der Waals surface area contributed by atoms with Crippen molar-refractivity contribution in [3.05, 3.63) is 53.0 Å². The first-order valence-corrected chi connectivity index (χ1v) is 9.86. The molecule has 0 spiro atoms. The highest BCUT2D eigenvalue weighted by molar-refractivity contribution is 7.22. The van der Waals surface area contributed by atoms with E-state index in [2.05, 4.69) is 61.0 Å². The second kappa shape index (κ2) is 7.63. The Balaban J connectivity index is 1.98. The van der Waals surface area contributed by atoms with Gasteiger partial charge in [-0.2, -0.15) is 0 Å². The van der Waals surface area contributed by atoms with Gasteiger partial charge >= 0.3 is 0 Å². The van der Waals surface area contributed by atoms with E-state index in [0.29, 0.717) is 0 Å². The van der Waals surface area contributed by atoms with Crippen molar-refractivity contribution in [1.82, 2.24) is 9.66 Å². The van der Waals surface area contributed by atoms with Gasteiger partial charge in [-0.3, -0.25) is 0 Å². The monoisotopic (exact) mass is 373 g/mol. The van der Waals surface area contributed by atoms with E-state index in [1.807, 2.05) is 18.5 Å². The molecule has 3 nitrogen and oxygen atoms in total. The molecule has 0 amide bonds. The first-order chi connectivity index (χ1) is 12.0. The third kappa shape index (κ3) is 3.75. The van der Waals surface area contributed by atoms with Crippen LogP contribution in [0.15, 0.2) is 36.7 Å². The molecule has 1 unspecified atom stereocenters. The van der Waals surface area contributed by atoms with Crippen LogP contribution in [0.25, 0.3) is 20.7 Å². The Bertz CT molecular complexity index is 907. The molecule has 132 valence electrons. The minimum Gasteiger partial charge on any atom is -0.318 e. The van der Waals surface area contributed by atoms with E-state index in [9.17, 15) is 0 Å². The van der Waals surface area contributed by atoms with Crippen LogP contribution in [-0.4, -0.2) is 15.7 Å². The van der Waals surface area contributed by atoms with Gasteiger partial charge in [0.05, 0.1) is 16.6 Å². The molecule has 0 saturated carbocycles. The SMILES string of the molecule is CCC/C=C/C(C)Nn1cnc(C)c1-c1sc2ccc(Cl)cc2c1C. The fourth-order valence-corrected chi connectivity index (χ4v) is 4.41. The van der Waals surface area contributed by atoms with E-state index in [-0.39, 0.29) is 6.04 Å². The number of hydrogen-bond donors (Lipinski definition) is 1. The number of hydrogen-bond acceptors (Lipinski definition) is 3. The zero-order valence-corrected chi connectivity index (χ0v) is 16.7. The number of aromatic nitrogens is 2. The molecule has 0 radical (unpaired) electrons. The average molecular weight is 374 g/mol. The molecule has 1 N–H and O–H groups in total. The predicted molar refractivity (Wildman–Crippen MR) is 110 cm³/mol. The number of nitrogens with one attached hydrogen (secondary N) is 1. The summed E-state index contributed by atoms with van der Waals surface area (Å²) in [5.74, 6) is 0. The maximum atomic E-state index is 6.18. The lowest BCUT2D eigenvalue weighted by atomic mass is 10.1. The molecular weight excluding hydrogens is 350 g/mol. The van der Waals surface area contributed by atoms with E-state index >= 15 is 0 Å². The zero-order chi connectivity index (χ0) is 18.0. The molecule has 0 saturated heterocycles. The van der Waals surface area contributed by atoms with Crippen LogP contribution in [0.2, 0.25) is 5.02 Å². The normalized spacial score (nSPS) is 13.0. The number of halogens is 1. The highest BCUT2D eigenvalue weighted by Crippen LogP contribution is 2.39. The van der Waals surface area contributed by atoms with Gasteiger partial charge in [0.1, 0.15) is 12.0 Å². The third-order valence-electron chi connectivity index (χ3n) is 4.29. The second-order valence-electron chi connectivity index (χ2n) is 6.38. The molecule has 0 bridgehead atoms. The van der Waals surface area contributed by atoms with Gasteiger partial charge in [0.2, 0.25) is 0 Å². The van der Waals surface area contributed by atoms with Crippen molar-refractivity contribution < 1.29 is 0 Å². The van der Waals surface area contributed by atoms with Gasteiger partial charge in [0, 0.05) is 9.72 Å². The molecule has 0 aliphatic rings. The number of imidazole rings is 1. The number of fused-ring (bicyclic) bond motifs is 1. The number of unbranched alkanes of at least 4 members (excludes halogenated alkanes) is 1. The van der Waals surface area contributed by atoms with Gasteiger partial charge in [0.15, 0.2) is 0 Å². The minimum absolute atomic E-state index is 0.239. The molecule has 25 heavy (non-hydrogen) atoms. The van der Waals surface area contributed by atoms with E-state index in [0.717, 1.165) is 22.8 Å². The second-order valence-corrected chi connectivity index (χ2v) is 7.87. The standard InChI is InChI=1S/C20H24ClN3S/c1-5-6-7-8-13(2)23-24-12-22-15(4)19(24)20-14(3)17-11-16(21)9-10-18(17)25-20/h7-13,23H,5-6H2,1-4H3/b8-7+. The summed E-state index contributed by atoms with van der Waals surface area (Å²) >= 11 is 7.97. The molecule has 2 aromatic heterocycles. The Morgan fingerprint density at radius 1 is 1.36 bits per heavy atom. The average Bonchev–Trinajstić information content (AvgIpc) is 3.08. The lowest BCUT2D eigenvalue weighted by Gasteiger charge is -2.15. The van der Waals surface area contributed by atoms with Gasteiger partial charge in [-0.05, 0) is 56.3 Å². The van der Waals surface area contributed by atoms with E-state index < -0.39 is 0 Å². The van der Waals surface area contributed by atoms with Crippen molar-refractivity contribution >= 4 is 33.0 Å². The number of rotatable bonds is 6. The Kier molecular flexibility index (Phi) is 5.50. The van der Waals surface area contributed by atoms with Crippen molar-refractivity contribution in [2.24, 2.45) is 0 Å². The topological polar surface area (TPSA) is 29.9 Å². The van der Waals surface area contributed by atoms with Crippen LogP contribution < -0.4 is 5.43 Å². The summed E-state index contributed by atoms with van der Waals surface area (Å²) < 4.78 is 3.30. The lowest BCUT2D eigenvalue weighted by molar-refractivity contribution is 0.783. The van der Waals surface area contributed by atoms with Crippen molar-refractivity contribution in [3.63, 3.8) is 0 Å². The zero-order valence-electron chi connectivity index (χ0n) is 15.1. The van der Waals surface area contributed by atoms with Crippen molar-refractivity contribution in [3.8, 4) is 10.6 Å². The van der Waals surface area contributed by atoms with Crippen LogP contribution in [0.4, 0.5) is 0 Å². The first kappa shape index (κ1) is 18.0. The Labute approximate surface area is 158 Å². The summed E-state index contributed by atoms with van der Waals surface area (Å²) in [5.41, 5.74) is 6.93. The summed E-state index contributed by atoms with van der Waals surface area (Å²) in [7, 11) is 0. The van der Waals surface area contributed by atoms with Crippen molar-refractivity contribution in [2.75, 3.05) is 5.43 Å². The van der Waals surface area contributed by atoms with Crippen LogP contribution in [-0.2, 0) is 0 Å². The third-order valence-corrected chi connectivity index (χ3v) is 5.80. The van der Waals surface area contributed by atoms with Gasteiger partial charge < -0.3 is 5.43 Å². The molecule has 1 atom stereocenters. The lowest BCUT2D eigenvalue weighted by Crippen LogP contribution is -2.23. The van der Waals surface area contributed by atoms with Crippen LogP contribution in [0.3, 0.4) is 0 Å². The molecule has 0 fully saturated rings. The Morgan fingerprint density at radius 2 is 2.16 bits per heavy atom. The van der Waals surface area contributed by atoms with Crippen LogP contribution >= 0.6 is 22.9 Å². The van der Waals surface area contributed by atoms with Crippen LogP contribution in [0.5, 0.6) is 0 Å². The molecule has 0 aliphatic carbocycles.